The molecule has 1 unspecified atom stereocenters. The second-order valence-electron chi connectivity index (χ2n) is 5.40. The highest BCUT2D eigenvalue weighted by molar-refractivity contribution is 7.99. The molecule has 0 spiro atoms. The molecule has 0 bridgehead atoms. The van der Waals surface area contributed by atoms with Gasteiger partial charge in [-0.05, 0) is 23.8 Å². The number of anilines is 1. The predicted molar refractivity (Wildman–Crippen MR) is 95.4 cm³/mol. The van der Waals surface area contributed by atoms with Gasteiger partial charge in [0, 0.05) is 28.7 Å². The number of imide groups is 1. The quantitative estimate of drug-likeness (QED) is 0.475. The van der Waals surface area contributed by atoms with Crippen LogP contribution in [-0.2, 0) is 9.59 Å². The van der Waals surface area contributed by atoms with Crippen LogP contribution in [0.15, 0.2) is 66.1 Å². The van der Waals surface area contributed by atoms with Gasteiger partial charge in [0.05, 0.1) is 10.6 Å². The minimum absolute atomic E-state index is 0.00226. The van der Waals surface area contributed by atoms with E-state index in [9.17, 15) is 19.7 Å². The highest BCUT2D eigenvalue weighted by Crippen LogP contribution is 2.45. The molecule has 0 fully saturated rings. The zero-order valence-electron chi connectivity index (χ0n) is 13.1. The van der Waals surface area contributed by atoms with Gasteiger partial charge in [-0.3, -0.25) is 19.7 Å². The van der Waals surface area contributed by atoms with Crippen LogP contribution in [0.3, 0.4) is 0 Å². The number of carbonyl (C=O) groups excluding carboxylic acids is 2. The fraction of sp³-hybridized carbons (Fsp3) is 0.111. The van der Waals surface area contributed by atoms with Gasteiger partial charge in [0.25, 0.3) is 11.6 Å². The number of thioether (sulfide) groups is 1. The van der Waals surface area contributed by atoms with E-state index in [-0.39, 0.29) is 23.3 Å². The molecule has 2 amide bonds. The summed E-state index contributed by atoms with van der Waals surface area (Å²) in [6.07, 6.45) is 1.22. The van der Waals surface area contributed by atoms with Crippen molar-refractivity contribution in [3.8, 4) is 0 Å². The maximum Gasteiger partial charge on any atom is 0.269 e. The zero-order valence-corrected chi connectivity index (χ0v) is 13.9. The van der Waals surface area contributed by atoms with Crippen molar-refractivity contribution >= 4 is 35.0 Å². The van der Waals surface area contributed by atoms with E-state index >= 15 is 0 Å². The molecule has 2 aromatic carbocycles. The molecular formula is C18H14N2O4S. The summed E-state index contributed by atoms with van der Waals surface area (Å²) in [7, 11) is 0. The minimum Gasteiger partial charge on any atom is -0.274 e. The molecule has 0 aromatic heterocycles. The first-order valence-electron chi connectivity index (χ1n) is 7.50. The third-order valence-corrected chi connectivity index (χ3v) is 5.18. The Balaban J connectivity index is 2.00. The van der Waals surface area contributed by atoms with E-state index in [1.165, 1.54) is 23.9 Å². The molecule has 0 N–H and O–H groups in total. The van der Waals surface area contributed by atoms with Gasteiger partial charge >= 0.3 is 0 Å². The number of para-hydroxylation sites is 1. The molecule has 0 saturated carbocycles. The van der Waals surface area contributed by atoms with Crippen molar-refractivity contribution in [3.05, 3.63) is 76.9 Å². The Hall–Kier alpha value is -2.93. The normalized spacial score (nSPS) is 16.7. The van der Waals surface area contributed by atoms with E-state index in [1.807, 2.05) is 12.1 Å². The number of hydrogen-bond donors (Lipinski definition) is 0. The van der Waals surface area contributed by atoms with Crippen LogP contribution in [0.25, 0.3) is 0 Å². The Morgan fingerprint density at radius 3 is 2.56 bits per heavy atom. The Morgan fingerprint density at radius 2 is 1.92 bits per heavy atom. The lowest BCUT2D eigenvalue weighted by atomic mass is 10.1. The molecule has 1 atom stereocenters. The first-order chi connectivity index (χ1) is 12.0. The van der Waals surface area contributed by atoms with Crippen molar-refractivity contribution in [1.29, 1.82) is 0 Å². The van der Waals surface area contributed by atoms with Crippen LogP contribution in [0.5, 0.6) is 0 Å². The molecule has 1 heterocycles. The second kappa shape index (κ2) is 6.90. The summed E-state index contributed by atoms with van der Waals surface area (Å²) in [6, 6.07) is 13.3. The average molecular weight is 354 g/mol. The van der Waals surface area contributed by atoms with Crippen molar-refractivity contribution in [1.82, 2.24) is 0 Å². The summed E-state index contributed by atoms with van der Waals surface area (Å²) < 4.78 is 0. The Bertz CT molecular complexity index is 864. The second-order valence-corrected chi connectivity index (χ2v) is 6.64. The number of non-ortho nitro benzene ring substituents is 1. The van der Waals surface area contributed by atoms with Crippen LogP contribution in [0.4, 0.5) is 11.4 Å². The molecule has 0 radical (unpaired) electrons. The van der Waals surface area contributed by atoms with Crippen LogP contribution < -0.4 is 4.90 Å². The highest BCUT2D eigenvalue weighted by atomic mass is 32.2. The molecule has 1 aliphatic heterocycles. The molecule has 0 aliphatic carbocycles. The molecule has 2 aromatic rings. The number of nitro benzene ring substituents is 1. The summed E-state index contributed by atoms with van der Waals surface area (Å²) in [5.74, 6) is -0.798. The van der Waals surface area contributed by atoms with Gasteiger partial charge in [-0.2, -0.15) is 0 Å². The van der Waals surface area contributed by atoms with Crippen molar-refractivity contribution < 1.29 is 14.5 Å². The van der Waals surface area contributed by atoms with Crippen molar-refractivity contribution in [2.75, 3.05) is 4.90 Å². The van der Waals surface area contributed by atoms with Crippen LogP contribution in [0.2, 0.25) is 0 Å². The number of hydrogen-bond acceptors (Lipinski definition) is 5. The lowest BCUT2D eigenvalue weighted by molar-refractivity contribution is -0.384. The fourth-order valence-electron chi connectivity index (χ4n) is 2.65. The Kier molecular flexibility index (Phi) is 4.67. The van der Waals surface area contributed by atoms with Crippen LogP contribution in [0.1, 0.15) is 17.2 Å². The number of amides is 2. The smallest absolute Gasteiger partial charge is 0.269 e. The van der Waals surface area contributed by atoms with E-state index < -0.39 is 10.8 Å². The molecule has 3 rings (SSSR count). The van der Waals surface area contributed by atoms with Gasteiger partial charge in [0.1, 0.15) is 0 Å². The van der Waals surface area contributed by atoms with Gasteiger partial charge in [0.2, 0.25) is 5.91 Å². The lowest BCUT2D eigenvalue weighted by Crippen LogP contribution is -2.35. The fourth-order valence-corrected chi connectivity index (χ4v) is 3.91. The number of nitrogens with zero attached hydrogens (tertiary/aromatic N) is 2. The van der Waals surface area contributed by atoms with E-state index in [0.29, 0.717) is 5.69 Å². The standard InChI is InChI=1S/C18H14N2O4S/c1-2-17(21)19-14-5-3-4-6-15(14)25-16(11-18(19)22)12-7-9-13(10-8-12)20(23)24/h2-10,16H,1,11H2. The van der Waals surface area contributed by atoms with Gasteiger partial charge < -0.3 is 0 Å². The number of carbonyl (C=O) groups is 2. The van der Waals surface area contributed by atoms with E-state index in [1.54, 1.807) is 24.3 Å². The number of rotatable bonds is 3. The summed E-state index contributed by atoms with van der Waals surface area (Å²) in [6.45, 7) is 3.46. The highest BCUT2D eigenvalue weighted by Gasteiger charge is 2.32. The largest absolute Gasteiger partial charge is 0.274 e. The molecule has 1 aliphatic rings. The van der Waals surface area contributed by atoms with Gasteiger partial charge in [-0.15, -0.1) is 11.8 Å². The Morgan fingerprint density at radius 1 is 1.24 bits per heavy atom. The molecule has 7 heteroatoms. The summed E-state index contributed by atoms with van der Waals surface area (Å²) in [5, 5.41) is 10.6. The van der Waals surface area contributed by atoms with Crippen molar-refractivity contribution in [2.24, 2.45) is 0 Å². The zero-order chi connectivity index (χ0) is 18.0. The topological polar surface area (TPSA) is 80.5 Å². The minimum atomic E-state index is -0.470. The van der Waals surface area contributed by atoms with Crippen LogP contribution in [-0.4, -0.2) is 16.7 Å². The SMILES string of the molecule is C=CC(=O)N1C(=O)CC(c2ccc([N+](=O)[O-])cc2)Sc2ccccc21. The predicted octanol–water partition coefficient (Wildman–Crippen LogP) is 3.88. The Labute approximate surface area is 148 Å². The third-order valence-electron chi connectivity index (χ3n) is 3.86. The lowest BCUT2D eigenvalue weighted by Gasteiger charge is -2.18. The molecule has 0 saturated heterocycles. The number of fused-ring (bicyclic) bond motifs is 1. The average Bonchev–Trinajstić information content (AvgIpc) is 2.77. The first kappa shape index (κ1) is 16.9. The van der Waals surface area contributed by atoms with Gasteiger partial charge in [-0.1, -0.05) is 30.8 Å². The molecule has 6 nitrogen and oxygen atoms in total. The third kappa shape index (κ3) is 3.32. The summed E-state index contributed by atoms with van der Waals surface area (Å²) in [4.78, 5) is 37.1. The maximum atomic E-state index is 12.7. The van der Waals surface area contributed by atoms with Crippen molar-refractivity contribution in [3.63, 3.8) is 0 Å². The van der Waals surface area contributed by atoms with E-state index in [0.717, 1.165) is 21.4 Å². The molecular weight excluding hydrogens is 340 g/mol. The van der Waals surface area contributed by atoms with Gasteiger partial charge in [0.15, 0.2) is 0 Å². The van der Waals surface area contributed by atoms with Crippen LogP contribution >= 0.6 is 11.8 Å². The molecule has 25 heavy (non-hydrogen) atoms. The first-order valence-corrected chi connectivity index (χ1v) is 8.38. The maximum absolute atomic E-state index is 12.7. The summed E-state index contributed by atoms with van der Waals surface area (Å²) in [5.41, 5.74) is 1.33. The van der Waals surface area contributed by atoms with Gasteiger partial charge in [-0.25, -0.2) is 4.90 Å². The summed E-state index contributed by atoms with van der Waals surface area (Å²) >= 11 is 1.46. The number of nitro groups is 1. The van der Waals surface area contributed by atoms with Crippen molar-refractivity contribution in [2.45, 2.75) is 16.6 Å². The monoisotopic (exact) mass is 354 g/mol. The van der Waals surface area contributed by atoms with Crippen LogP contribution in [0, 0.1) is 10.1 Å². The molecule has 126 valence electrons. The van der Waals surface area contributed by atoms with E-state index in [2.05, 4.69) is 6.58 Å². The van der Waals surface area contributed by atoms with E-state index in [4.69, 9.17) is 0 Å². The number of benzene rings is 2.